The average molecular weight is 280 g/mol. The number of phenols is 1. The molecule has 7 heteroatoms. The molecule has 0 heterocycles. The fourth-order valence-electron chi connectivity index (χ4n) is 1.18. The van der Waals surface area contributed by atoms with Gasteiger partial charge in [-0.25, -0.2) is 14.4 Å². The van der Waals surface area contributed by atoms with Gasteiger partial charge >= 0.3 is 17.9 Å². The predicted octanol–water partition coefficient (Wildman–Crippen LogP) is 0.872. The van der Waals surface area contributed by atoms with E-state index < -0.39 is 24.5 Å². The molecule has 0 bridgehead atoms. The van der Waals surface area contributed by atoms with Gasteiger partial charge in [0.05, 0.1) is 0 Å². The van der Waals surface area contributed by atoms with Gasteiger partial charge in [-0.2, -0.15) is 0 Å². The maximum absolute atomic E-state index is 11.4. The van der Waals surface area contributed by atoms with E-state index in [4.69, 9.17) is 9.84 Å². The molecule has 0 atom stereocenters. The molecule has 0 aromatic heterocycles. The Kier molecular flexibility index (Phi) is 5.28. The highest BCUT2D eigenvalue weighted by atomic mass is 16.6. The molecule has 1 aromatic rings. The molecule has 0 aliphatic heterocycles. The van der Waals surface area contributed by atoms with E-state index >= 15 is 0 Å². The van der Waals surface area contributed by atoms with Crippen molar-refractivity contribution in [2.24, 2.45) is 0 Å². The Morgan fingerprint density at radius 1 is 1.25 bits per heavy atom. The highest BCUT2D eigenvalue weighted by Crippen LogP contribution is 2.24. The number of hydrogen-bond acceptors (Lipinski definition) is 6. The number of carboxylic acids is 1. The number of rotatable bonds is 5. The first kappa shape index (κ1) is 15.2. The summed E-state index contributed by atoms with van der Waals surface area (Å²) in [6.07, 6.45) is 0.663. The van der Waals surface area contributed by atoms with Crippen LogP contribution in [-0.2, 0) is 19.1 Å². The van der Waals surface area contributed by atoms with E-state index in [0.29, 0.717) is 6.08 Å². The van der Waals surface area contributed by atoms with Crippen molar-refractivity contribution >= 4 is 17.9 Å². The quantitative estimate of drug-likeness (QED) is 0.467. The van der Waals surface area contributed by atoms with Crippen molar-refractivity contribution in [3.63, 3.8) is 0 Å². The molecule has 1 rings (SSSR count). The van der Waals surface area contributed by atoms with Gasteiger partial charge in [-0.3, -0.25) is 0 Å². The van der Waals surface area contributed by atoms with E-state index in [1.54, 1.807) is 12.1 Å². The molecule has 0 amide bonds. The lowest BCUT2D eigenvalue weighted by atomic mass is 10.3. The highest BCUT2D eigenvalue weighted by molar-refractivity contribution is 5.95. The Morgan fingerprint density at radius 3 is 2.50 bits per heavy atom. The van der Waals surface area contributed by atoms with Crippen LogP contribution >= 0.6 is 0 Å². The van der Waals surface area contributed by atoms with Gasteiger partial charge in [-0.15, -0.1) is 0 Å². The summed E-state index contributed by atoms with van der Waals surface area (Å²) in [4.78, 5) is 33.0. The van der Waals surface area contributed by atoms with Gasteiger partial charge in [0.1, 0.15) is 0 Å². The van der Waals surface area contributed by atoms with Crippen molar-refractivity contribution in [2.45, 2.75) is 6.92 Å². The van der Waals surface area contributed by atoms with E-state index in [9.17, 15) is 19.5 Å². The number of benzene rings is 1. The number of phenolic OH excluding ortho intramolecular Hbond substituents is 1. The topological polar surface area (TPSA) is 110 Å². The minimum atomic E-state index is -1.30. The second kappa shape index (κ2) is 6.93. The second-order valence-corrected chi connectivity index (χ2v) is 3.68. The van der Waals surface area contributed by atoms with Crippen molar-refractivity contribution in [2.75, 3.05) is 6.61 Å². The van der Waals surface area contributed by atoms with E-state index in [0.717, 1.165) is 0 Å². The monoisotopic (exact) mass is 280 g/mol. The number of hydrogen-bond donors (Lipinski definition) is 2. The lowest BCUT2D eigenvalue weighted by Crippen LogP contribution is -2.19. The summed E-state index contributed by atoms with van der Waals surface area (Å²) in [7, 11) is 0. The molecule has 1 aromatic carbocycles. The van der Waals surface area contributed by atoms with Crippen LogP contribution in [0.1, 0.15) is 6.92 Å². The number of carbonyl (C=O) groups excluding carboxylic acids is 2. The molecular weight excluding hydrogens is 268 g/mol. The first-order chi connectivity index (χ1) is 9.40. The van der Waals surface area contributed by atoms with Crippen molar-refractivity contribution in [3.8, 4) is 11.5 Å². The largest absolute Gasteiger partial charge is 0.504 e. The highest BCUT2D eigenvalue weighted by Gasteiger charge is 2.13. The molecule has 0 fully saturated rings. The standard InChI is InChI=1S/C13H12O7/c1-8(6-11(15)16)13(18)19-7-12(17)20-10-5-3-2-4-9(10)14/h2-6,14H,7H2,1H3,(H,15,16)/b8-6-. The number of carbonyl (C=O) groups is 3. The molecule has 0 unspecified atom stereocenters. The predicted molar refractivity (Wildman–Crippen MR) is 66.1 cm³/mol. The molecule has 0 spiro atoms. The van der Waals surface area contributed by atoms with Gasteiger partial charge in [0, 0.05) is 11.6 Å². The van der Waals surface area contributed by atoms with Crippen LogP contribution in [0.5, 0.6) is 11.5 Å². The number of ether oxygens (including phenoxy) is 2. The van der Waals surface area contributed by atoms with Gasteiger partial charge in [0.2, 0.25) is 0 Å². The summed E-state index contributed by atoms with van der Waals surface area (Å²) < 4.78 is 9.31. The van der Waals surface area contributed by atoms with Gasteiger partial charge in [0.15, 0.2) is 18.1 Å². The fraction of sp³-hybridized carbons (Fsp3) is 0.154. The third-order valence-corrected chi connectivity index (χ3v) is 2.07. The third kappa shape index (κ3) is 4.81. The lowest BCUT2D eigenvalue weighted by Gasteiger charge is -2.06. The maximum Gasteiger partial charge on any atom is 0.349 e. The Hall–Kier alpha value is -2.83. The van der Waals surface area contributed by atoms with Gasteiger partial charge < -0.3 is 19.7 Å². The normalized spacial score (nSPS) is 10.8. The van der Waals surface area contributed by atoms with Crippen molar-refractivity contribution in [1.29, 1.82) is 0 Å². The number of esters is 2. The Labute approximate surface area is 114 Å². The molecule has 0 saturated heterocycles. The van der Waals surface area contributed by atoms with Gasteiger partial charge in [-0.05, 0) is 19.1 Å². The van der Waals surface area contributed by atoms with Crippen LogP contribution in [0, 0.1) is 0 Å². The van der Waals surface area contributed by atoms with E-state index in [1.807, 2.05) is 0 Å². The minimum Gasteiger partial charge on any atom is -0.504 e. The van der Waals surface area contributed by atoms with Gasteiger partial charge in [0.25, 0.3) is 0 Å². The zero-order valence-corrected chi connectivity index (χ0v) is 10.5. The Bertz CT molecular complexity index is 560. The number of aliphatic carboxylic acids is 1. The summed E-state index contributed by atoms with van der Waals surface area (Å²) in [5.41, 5.74) is -0.159. The van der Waals surface area contributed by atoms with Crippen LogP contribution in [0.3, 0.4) is 0 Å². The summed E-state index contributed by atoms with van der Waals surface area (Å²) in [6.45, 7) is 0.544. The third-order valence-electron chi connectivity index (χ3n) is 2.07. The molecular formula is C13H12O7. The summed E-state index contributed by atoms with van der Waals surface area (Å²) in [5.74, 6) is -3.43. The van der Waals surface area contributed by atoms with Crippen LogP contribution < -0.4 is 4.74 Å². The van der Waals surface area contributed by atoms with Crippen LogP contribution in [0.4, 0.5) is 0 Å². The first-order valence-corrected chi connectivity index (χ1v) is 5.47. The molecule has 0 aliphatic rings. The van der Waals surface area contributed by atoms with E-state index in [-0.39, 0.29) is 17.1 Å². The minimum absolute atomic E-state index is 0.0636. The summed E-state index contributed by atoms with van der Waals surface area (Å²) >= 11 is 0. The molecule has 2 N–H and O–H groups in total. The van der Waals surface area contributed by atoms with Crippen molar-refractivity contribution in [3.05, 3.63) is 35.9 Å². The summed E-state index contributed by atoms with van der Waals surface area (Å²) in [6, 6.07) is 5.79. The molecule has 106 valence electrons. The number of para-hydroxylation sites is 2. The van der Waals surface area contributed by atoms with Crippen LogP contribution in [-0.4, -0.2) is 34.7 Å². The van der Waals surface area contributed by atoms with Crippen LogP contribution in [0.25, 0.3) is 0 Å². The fourth-order valence-corrected chi connectivity index (χ4v) is 1.18. The molecule has 0 saturated carbocycles. The van der Waals surface area contributed by atoms with Gasteiger partial charge in [-0.1, -0.05) is 12.1 Å². The summed E-state index contributed by atoms with van der Waals surface area (Å²) in [5, 5.41) is 17.8. The zero-order chi connectivity index (χ0) is 15.1. The molecule has 0 radical (unpaired) electrons. The Morgan fingerprint density at radius 2 is 1.90 bits per heavy atom. The molecule has 20 heavy (non-hydrogen) atoms. The lowest BCUT2D eigenvalue weighted by molar-refractivity contribution is -0.150. The SMILES string of the molecule is C/C(=C/C(=O)O)C(=O)OCC(=O)Oc1ccccc1O. The first-order valence-electron chi connectivity index (χ1n) is 5.47. The number of carboxylic acid groups (broad SMARTS) is 1. The van der Waals surface area contributed by atoms with E-state index in [1.165, 1.54) is 19.1 Å². The zero-order valence-electron chi connectivity index (χ0n) is 10.5. The van der Waals surface area contributed by atoms with Crippen molar-refractivity contribution in [1.82, 2.24) is 0 Å². The smallest absolute Gasteiger partial charge is 0.349 e. The second-order valence-electron chi connectivity index (χ2n) is 3.68. The molecule has 7 nitrogen and oxygen atoms in total. The van der Waals surface area contributed by atoms with Crippen LogP contribution in [0.2, 0.25) is 0 Å². The van der Waals surface area contributed by atoms with Crippen LogP contribution in [0.15, 0.2) is 35.9 Å². The van der Waals surface area contributed by atoms with E-state index in [2.05, 4.69) is 4.74 Å². The maximum atomic E-state index is 11.4. The molecule has 0 aliphatic carbocycles. The average Bonchev–Trinajstić information content (AvgIpc) is 2.38. The number of aromatic hydroxyl groups is 1. The Balaban J connectivity index is 2.50. The van der Waals surface area contributed by atoms with Crippen molar-refractivity contribution < 1.29 is 34.1 Å².